The first kappa shape index (κ1) is 105. The minimum atomic E-state index is -4.35. The smallest absolute Gasteiger partial charge is 0.379 e. The Bertz CT molecular complexity index is 2150. The lowest BCUT2D eigenvalue weighted by atomic mass is 9.91. The molecule has 2 fully saturated rings. The largest absolute Gasteiger partial charge is 0.585 e. The molecule has 25 nitrogen and oxygen atoms in total. The van der Waals surface area contributed by atoms with Crippen LogP contribution in [0.5, 0.6) is 0 Å². The van der Waals surface area contributed by atoms with Crippen LogP contribution < -0.4 is 21.3 Å². The van der Waals surface area contributed by atoms with Gasteiger partial charge in [0.2, 0.25) is 11.8 Å². The van der Waals surface area contributed by atoms with Crippen molar-refractivity contribution in [1.29, 1.82) is 0 Å². The summed E-state index contributed by atoms with van der Waals surface area (Å²) in [4.78, 5) is 129. The first-order chi connectivity index (χ1) is 54.4. The van der Waals surface area contributed by atoms with Gasteiger partial charge < -0.3 is 40.3 Å². The van der Waals surface area contributed by atoms with E-state index in [1.807, 2.05) is 0 Å². The van der Waals surface area contributed by atoms with Crippen molar-refractivity contribution in [3.05, 3.63) is 0 Å². The van der Waals surface area contributed by atoms with Crippen molar-refractivity contribution in [1.82, 2.24) is 21.3 Å². The zero-order valence-corrected chi connectivity index (χ0v) is 72.5. The summed E-state index contributed by atoms with van der Waals surface area (Å²) in [6.45, 7) is 7.91. The normalized spacial score (nSPS) is 15.7. The predicted molar refractivity (Wildman–Crippen MR) is 443 cm³/mol. The molecule has 0 aliphatic carbocycles. The fraction of sp³-hybridized carbons (Fsp3) is 0.918. The van der Waals surface area contributed by atoms with E-state index in [1.165, 1.54) is 193 Å². The third kappa shape index (κ3) is 60.6. The molecular weight excluding hydrogens is 1470 g/mol. The number of unbranched alkanes of at least 4 members (excludes halogenated alkanes) is 42. The zero-order valence-electron chi connectivity index (χ0n) is 70.7. The molecular formula is C85H162N4O21P2+2. The van der Waals surface area contributed by atoms with Crippen LogP contribution in [0.25, 0.3) is 0 Å². The topological polar surface area (TPSA) is 341 Å². The number of ketones is 2. The Morgan fingerprint density at radius 2 is 0.607 bits per heavy atom. The summed E-state index contributed by atoms with van der Waals surface area (Å²) >= 11 is 0. The Morgan fingerprint density at radius 1 is 0.339 bits per heavy atom. The van der Waals surface area contributed by atoms with Gasteiger partial charge in [-0.1, -0.05) is 341 Å². The minimum absolute atomic E-state index is 0.00397. The van der Waals surface area contributed by atoms with Gasteiger partial charge in [-0.2, -0.15) is 19.6 Å². The molecule has 2 aliphatic heterocycles. The van der Waals surface area contributed by atoms with Crippen LogP contribution in [0.15, 0.2) is 0 Å². The summed E-state index contributed by atoms with van der Waals surface area (Å²) in [7, 11) is -8.70. The Balaban J connectivity index is 2.08. The average Bonchev–Trinajstić information content (AvgIpc) is 0.771. The van der Waals surface area contributed by atoms with Gasteiger partial charge in [0.25, 0.3) is 0 Å². The minimum Gasteiger partial charge on any atom is -0.379 e. The molecule has 0 spiro atoms. The van der Waals surface area contributed by atoms with E-state index >= 15 is 0 Å². The molecule has 4 amide bonds. The second-order valence-electron chi connectivity index (χ2n) is 31.7. The SMILES string of the molecule is CCCCCCCCCCCC(=O)CC(=O)NC(COCCC(CCCCCCC)CCCCCCCCCCCC=O)COC1(OCCNC(=O)NCCOC2(OCC(COCCC(CCCCCCC)CCCCCCCCCCCC=O)NC(=O)CC(=O)CCCCCCCCCCC)O[P+](O)(O)O2)O[P+](O)(O)O1. The van der Waals surface area contributed by atoms with Gasteiger partial charge in [-0.3, -0.25) is 38.1 Å². The van der Waals surface area contributed by atoms with Crippen LogP contribution in [-0.2, 0) is 75.3 Å². The second-order valence-corrected chi connectivity index (χ2v) is 34.4. The van der Waals surface area contributed by atoms with E-state index in [2.05, 4.69) is 49.0 Å². The van der Waals surface area contributed by atoms with Crippen LogP contribution >= 0.6 is 16.3 Å². The molecule has 0 bridgehead atoms. The number of carbonyl (C=O) groups excluding carboxylic acids is 7. The van der Waals surface area contributed by atoms with Crippen molar-refractivity contribution in [2.75, 3.05) is 65.9 Å². The summed E-state index contributed by atoms with van der Waals surface area (Å²) in [6, 6.07) is -2.38. The van der Waals surface area contributed by atoms with Crippen LogP contribution in [0.4, 0.5) is 4.79 Å². The molecule has 0 aromatic rings. The van der Waals surface area contributed by atoms with E-state index in [9.17, 15) is 53.1 Å². The second kappa shape index (κ2) is 71.1. The fourth-order valence-corrected chi connectivity index (χ4v) is 16.0. The summed E-state index contributed by atoms with van der Waals surface area (Å²) in [5, 5.41) is 10.9. The van der Waals surface area contributed by atoms with Crippen molar-refractivity contribution < 1.29 is 99.7 Å². The maximum Gasteiger partial charge on any atom is 0.585 e. The van der Waals surface area contributed by atoms with Crippen LogP contribution in [0.1, 0.15) is 400 Å². The lowest BCUT2D eigenvalue weighted by Crippen LogP contribution is -2.54. The van der Waals surface area contributed by atoms with E-state index in [0.29, 0.717) is 63.6 Å². The fourth-order valence-electron chi connectivity index (χ4n) is 14.3. The first-order valence-corrected chi connectivity index (χ1v) is 48.2. The summed E-state index contributed by atoms with van der Waals surface area (Å²) < 4.78 is 56.8. The molecule has 2 heterocycles. The van der Waals surface area contributed by atoms with Gasteiger partial charge in [0.15, 0.2) is 0 Å². The van der Waals surface area contributed by atoms with E-state index in [0.717, 1.165) is 141 Å². The monoisotopic (exact) mass is 1640 g/mol. The Morgan fingerprint density at radius 3 is 0.884 bits per heavy atom. The maximum absolute atomic E-state index is 13.5. The molecule has 2 saturated heterocycles. The molecule has 8 N–H and O–H groups in total. The van der Waals surface area contributed by atoms with E-state index < -0.39 is 58.6 Å². The highest BCUT2D eigenvalue weighted by atomic mass is 31.2. The van der Waals surface area contributed by atoms with Gasteiger partial charge in [0.05, 0.1) is 64.6 Å². The lowest BCUT2D eigenvalue weighted by molar-refractivity contribution is -0.496. The van der Waals surface area contributed by atoms with Gasteiger partial charge in [-0.25, -0.2) is 4.79 Å². The third-order valence-electron chi connectivity index (χ3n) is 21.0. The summed E-state index contributed by atoms with van der Waals surface area (Å²) in [6.07, 6.45) is 57.0. The van der Waals surface area contributed by atoms with Crippen molar-refractivity contribution in [3.63, 3.8) is 0 Å². The van der Waals surface area contributed by atoms with Crippen LogP contribution in [0, 0.1) is 11.8 Å². The highest BCUT2D eigenvalue weighted by Gasteiger charge is 2.74. The van der Waals surface area contributed by atoms with E-state index in [1.54, 1.807) is 0 Å². The molecule has 2 aliphatic rings. The highest BCUT2D eigenvalue weighted by molar-refractivity contribution is 7.55. The van der Waals surface area contributed by atoms with E-state index in [-0.39, 0.29) is 77.1 Å². The maximum atomic E-state index is 13.5. The number of urea groups is 1. The number of ether oxygens (including phenoxy) is 6. The van der Waals surface area contributed by atoms with Crippen molar-refractivity contribution >= 4 is 58.3 Å². The Labute approximate surface area is 678 Å². The highest BCUT2D eigenvalue weighted by Crippen LogP contribution is 2.69. The van der Waals surface area contributed by atoms with Gasteiger partial charge in [-0.05, 0) is 50.4 Å². The molecule has 4 atom stereocenters. The first-order valence-electron chi connectivity index (χ1n) is 45.1. The van der Waals surface area contributed by atoms with Gasteiger partial charge in [-0.15, -0.1) is 0 Å². The molecule has 0 aromatic carbocycles. The van der Waals surface area contributed by atoms with Crippen LogP contribution in [-0.4, -0.2) is 152 Å². The number of carbonyl (C=O) groups is 7. The number of Topliss-reactive ketones (excluding diaryl/α,β-unsaturated/α-hetero) is 2. The average molecular weight is 1640 g/mol. The van der Waals surface area contributed by atoms with E-state index in [4.69, 9.17) is 46.5 Å². The van der Waals surface area contributed by atoms with Gasteiger partial charge >= 0.3 is 34.7 Å². The van der Waals surface area contributed by atoms with Crippen LogP contribution in [0.2, 0.25) is 0 Å². The number of hydrogen-bond donors (Lipinski definition) is 8. The van der Waals surface area contributed by atoms with Gasteiger partial charge in [0.1, 0.15) is 24.1 Å². The quantitative estimate of drug-likeness (QED) is 0.00922. The van der Waals surface area contributed by atoms with Crippen molar-refractivity contribution in [3.8, 4) is 0 Å². The van der Waals surface area contributed by atoms with Gasteiger partial charge in [0, 0.05) is 52.0 Å². The zero-order chi connectivity index (χ0) is 81.6. The number of hydrogen-bond acceptors (Lipinski definition) is 21. The molecule has 0 radical (unpaired) electrons. The molecule has 0 saturated carbocycles. The predicted octanol–water partition coefficient (Wildman–Crippen LogP) is 19.5. The number of amides is 4. The lowest BCUT2D eigenvalue weighted by Gasteiger charge is -2.36. The number of rotatable bonds is 86. The summed E-state index contributed by atoms with van der Waals surface area (Å²) in [5.74, 6) is -0.441. The van der Waals surface area contributed by atoms with Crippen molar-refractivity contribution in [2.24, 2.45) is 11.8 Å². The molecule has 0 aromatic heterocycles. The molecule has 2 rings (SSSR count). The molecule has 27 heteroatoms. The number of nitrogens with one attached hydrogen (secondary N) is 4. The molecule has 4 unspecified atom stereocenters. The number of aldehydes is 2. The standard InChI is InChI=1S/C85H160N4O21P2/c1-5-9-13-17-19-25-33-41-49-57-79(92)69-81(94)88-77(71-101-65-59-75(53-45-37-15-11-7-3)55-47-39-31-27-21-23-29-35-43-51-63-90)73-105-84(107-111(97,98)108-84)103-67-61-86-83(96)87-62-68-104-85(109-112(99,100)110-85)106-74-78(89-82(95)70-80(93)58-50-42-34-26-20-18-14-10-6-2)72-102-66-60-76(54-46-38-16-12-8-4)56-48-40-32-28-22-24-30-36-44-52-64-91/h63-64,75-78,97-100H,5-62,65-74H2,1-4H3,(H2-2,86,87,88,89,94,95,96)/p+2. The molecule has 112 heavy (non-hydrogen) atoms. The Kier molecular flexibility index (Phi) is 66.9. The molecule has 656 valence electrons. The third-order valence-corrected chi connectivity index (χ3v) is 22.9. The van der Waals surface area contributed by atoms with Crippen LogP contribution in [0.3, 0.4) is 0 Å². The van der Waals surface area contributed by atoms with Crippen molar-refractivity contribution in [2.45, 2.75) is 425 Å². The Hall–Kier alpha value is -2.81. The summed E-state index contributed by atoms with van der Waals surface area (Å²) in [5.41, 5.74) is 0.